The van der Waals surface area contributed by atoms with E-state index in [-0.39, 0.29) is 0 Å². The Balaban J connectivity index is 2.28. The van der Waals surface area contributed by atoms with Crippen LogP contribution in [0.1, 0.15) is 37.8 Å². The van der Waals surface area contributed by atoms with E-state index in [4.69, 9.17) is 0 Å². The van der Waals surface area contributed by atoms with Crippen molar-refractivity contribution >= 4 is 0 Å². The minimum absolute atomic E-state index is 0.621. The third kappa shape index (κ3) is 5.33. The van der Waals surface area contributed by atoms with Crippen molar-refractivity contribution in [3.63, 3.8) is 0 Å². The van der Waals surface area contributed by atoms with Gasteiger partial charge in [-0.05, 0) is 30.6 Å². The number of benzene rings is 1. The predicted molar refractivity (Wildman–Crippen MR) is 75.4 cm³/mol. The largest absolute Gasteiger partial charge is 0.311 e. The molecular weight excluding hydrogens is 208 g/mol. The molecule has 0 aliphatic carbocycles. The van der Waals surface area contributed by atoms with Crippen molar-refractivity contribution in [3.05, 3.63) is 35.4 Å². The normalized spacial score (nSPS) is 11.4. The van der Waals surface area contributed by atoms with Crippen LogP contribution in [0.2, 0.25) is 0 Å². The Bertz CT molecular complexity index is 303. The fourth-order valence-electron chi connectivity index (χ4n) is 1.68. The molecular formula is C15H26N2. The number of nitrogens with zero attached hydrogens (tertiary/aromatic N) is 1. The molecule has 0 aromatic heterocycles. The van der Waals surface area contributed by atoms with E-state index in [1.807, 2.05) is 0 Å². The highest BCUT2D eigenvalue weighted by Gasteiger charge is 1.99. The second kappa shape index (κ2) is 7.46. The topological polar surface area (TPSA) is 15.3 Å². The Morgan fingerprint density at radius 1 is 1.18 bits per heavy atom. The fraction of sp³-hybridized carbons (Fsp3) is 0.600. The average molecular weight is 234 g/mol. The van der Waals surface area contributed by atoms with Crippen molar-refractivity contribution < 1.29 is 0 Å². The van der Waals surface area contributed by atoms with Crippen molar-refractivity contribution in [2.75, 3.05) is 26.7 Å². The van der Waals surface area contributed by atoms with Gasteiger partial charge in [-0.2, -0.15) is 0 Å². The van der Waals surface area contributed by atoms with Gasteiger partial charge in [0, 0.05) is 19.6 Å². The van der Waals surface area contributed by atoms with Crippen molar-refractivity contribution in [1.82, 2.24) is 10.2 Å². The summed E-state index contributed by atoms with van der Waals surface area (Å²) in [5.41, 5.74) is 2.79. The zero-order valence-corrected chi connectivity index (χ0v) is 11.7. The molecule has 0 radical (unpaired) electrons. The quantitative estimate of drug-likeness (QED) is 0.730. The summed E-state index contributed by atoms with van der Waals surface area (Å²) < 4.78 is 0. The lowest BCUT2D eigenvalue weighted by atomic mass is 10.0. The van der Waals surface area contributed by atoms with Gasteiger partial charge in [-0.3, -0.25) is 0 Å². The molecule has 0 fully saturated rings. The van der Waals surface area contributed by atoms with Gasteiger partial charge in [0.2, 0.25) is 0 Å². The van der Waals surface area contributed by atoms with E-state index in [1.54, 1.807) is 0 Å². The molecule has 0 bridgehead atoms. The molecule has 1 N–H and O–H groups in total. The van der Waals surface area contributed by atoms with Crippen LogP contribution in [0.3, 0.4) is 0 Å². The van der Waals surface area contributed by atoms with Gasteiger partial charge in [-0.15, -0.1) is 0 Å². The molecule has 0 saturated carbocycles. The summed E-state index contributed by atoms with van der Waals surface area (Å²) in [6, 6.07) is 8.93. The van der Waals surface area contributed by atoms with E-state index < -0.39 is 0 Å². The Morgan fingerprint density at radius 3 is 2.35 bits per heavy atom. The van der Waals surface area contributed by atoms with E-state index in [1.165, 1.54) is 11.1 Å². The molecule has 0 atom stereocenters. The standard InChI is InChI=1S/C15H26N2/c1-5-17(4)11-10-16-12-14-6-8-15(9-7-14)13(2)3/h6-9,13,16H,5,10-12H2,1-4H3. The SMILES string of the molecule is CCN(C)CCNCc1ccc(C(C)C)cc1. The summed E-state index contributed by atoms with van der Waals surface area (Å²) in [6.07, 6.45) is 0. The lowest BCUT2D eigenvalue weighted by Crippen LogP contribution is -2.28. The van der Waals surface area contributed by atoms with Gasteiger partial charge in [0.05, 0.1) is 0 Å². The van der Waals surface area contributed by atoms with Crippen LogP contribution in [0.25, 0.3) is 0 Å². The van der Waals surface area contributed by atoms with E-state index in [2.05, 4.69) is 62.3 Å². The van der Waals surface area contributed by atoms with Crippen molar-refractivity contribution in [1.29, 1.82) is 0 Å². The van der Waals surface area contributed by atoms with Crippen LogP contribution in [0.5, 0.6) is 0 Å². The molecule has 96 valence electrons. The third-order valence-electron chi connectivity index (χ3n) is 3.19. The maximum absolute atomic E-state index is 3.47. The Labute approximate surface area is 106 Å². The monoisotopic (exact) mass is 234 g/mol. The highest BCUT2D eigenvalue weighted by atomic mass is 15.1. The predicted octanol–water partition coefficient (Wildman–Crippen LogP) is 2.85. The van der Waals surface area contributed by atoms with Crippen molar-refractivity contribution in [3.8, 4) is 0 Å². The minimum Gasteiger partial charge on any atom is -0.311 e. The molecule has 0 amide bonds. The molecule has 0 aliphatic heterocycles. The first-order valence-electron chi connectivity index (χ1n) is 6.61. The van der Waals surface area contributed by atoms with Gasteiger partial charge in [-0.1, -0.05) is 45.0 Å². The summed E-state index contributed by atoms with van der Waals surface area (Å²) in [5, 5.41) is 3.47. The zero-order valence-electron chi connectivity index (χ0n) is 11.7. The fourth-order valence-corrected chi connectivity index (χ4v) is 1.68. The average Bonchev–Trinajstić information content (AvgIpc) is 2.34. The number of hydrogen-bond donors (Lipinski definition) is 1. The third-order valence-corrected chi connectivity index (χ3v) is 3.19. The second-order valence-electron chi connectivity index (χ2n) is 4.97. The van der Waals surface area contributed by atoms with Crippen LogP contribution in [-0.2, 0) is 6.54 Å². The van der Waals surface area contributed by atoms with Gasteiger partial charge in [0.1, 0.15) is 0 Å². The first kappa shape index (κ1) is 14.2. The number of nitrogens with one attached hydrogen (secondary N) is 1. The van der Waals surface area contributed by atoms with Crippen LogP contribution in [-0.4, -0.2) is 31.6 Å². The number of likely N-dealkylation sites (N-methyl/N-ethyl adjacent to an activating group) is 1. The Hall–Kier alpha value is -0.860. The minimum atomic E-state index is 0.621. The molecule has 2 heteroatoms. The Kier molecular flexibility index (Phi) is 6.23. The van der Waals surface area contributed by atoms with Crippen molar-refractivity contribution in [2.45, 2.75) is 33.2 Å². The van der Waals surface area contributed by atoms with E-state index in [0.717, 1.165) is 26.2 Å². The molecule has 17 heavy (non-hydrogen) atoms. The molecule has 0 aliphatic rings. The summed E-state index contributed by atoms with van der Waals surface area (Å²) in [4.78, 5) is 2.31. The summed E-state index contributed by atoms with van der Waals surface area (Å²) in [6.45, 7) is 10.9. The van der Waals surface area contributed by atoms with Gasteiger partial charge >= 0.3 is 0 Å². The second-order valence-corrected chi connectivity index (χ2v) is 4.97. The van der Waals surface area contributed by atoms with Crippen LogP contribution >= 0.6 is 0 Å². The highest BCUT2D eigenvalue weighted by Crippen LogP contribution is 2.14. The molecule has 0 saturated heterocycles. The summed E-state index contributed by atoms with van der Waals surface area (Å²) >= 11 is 0. The van der Waals surface area contributed by atoms with Crippen LogP contribution in [0, 0.1) is 0 Å². The van der Waals surface area contributed by atoms with E-state index in [9.17, 15) is 0 Å². The smallest absolute Gasteiger partial charge is 0.0206 e. The summed E-state index contributed by atoms with van der Waals surface area (Å²) in [7, 11) is 2.15. The summed E-state index contributed by atoms with van der Waals surface area (Å²) in [5.74, 6) is 0.621. The first-order chi connectivity index (χ1) is 8.13. The maximum Gasteiger partial charge on any atom is 0.0206 e. The lowest BCUT2D eigenvalue weighted by Gasteiger charge is -2.14. The van der Waals surface area contributed by atoms with E-state index >= 15 is 0 Å². The molecule has 1 rings (SSSR count). The molecule has 0 spiro atoms. The lowest BCUT2D eigenvalue weighted by molar-refractivity contribution is 0.349. The number of hydrogen-bond acceptors (Lipinski definition) is 2. The highest BCUT2D eigenvalue weighted by molar-refractivity contribution is 5.24. The molecule has 1 aromatic rings. The zero-order chi connectivity index (χ0) is 12.7. The first-order valence-corrected chi connectivity index (χ1v) is 6.61. The van der Waals surface area contributed by atoms with Gasteiger partial charge in [-0.25, -0.2) is 0 Å². The maximum atomic E-state index is 3.47. The molecule has 1 aromatic carbocycles. The van der Waals surface area contributed by atoms with Crippen LogP contribution in [0.15, 0.2) is 24.3 Å². The molecule has 0 heterocycles. The Morgan fingerprint density at radius 2 is 1.82 bits per heavy atom. The molecule has 0 unspecified atom stereocenters. The van der Waals surface area contributed by atoms with Crippen molar-refractivity contribution in [2.24, 2.45) is 0 Å². The van der Waals surface area contributed by atoms with E-state index in [0.29, 0.717) is 5.92 Å². The van der Waals surface area contributed by atoms with Crippen LogP contribution in [0.4, 0.5) is 0 Å². The number of rotatable bonds is 7. The van der Waals surface area contributed by atoms with Gasteiger partial charge in [0.25, 0.3) is 0 Å². The molecule has 2 nitrogen and oxygen atoms in total. The van der Waals surface area contributed by atoms with Gasteiger partial charge in [0.15, 0.2) is 0 Å². The van der Waals surface area contributed by atoms with Gasteiger partial charge < -0.3 is 10.2 Å². The van der Waals surface area contributed by atoms with Crippen LogP contribution < -0.4 is 5.32 Å².